The predicted molar refractivity (Wildman–Crippen MR) is 179 cm³/mol. The fourth-order valence-electron chi connectivity index (χ4n) is 5.67. The van der Waals surface area contributed by atoms with Crippen molar-refractivity contribution < 1.29 is 27.9 Å². The average Bonchev–Trinajstić information content (AvgIpc) is 3.50. The fraction of sp³-hybridized carbons (Fsp3) is 0.231. The van der Waals surface area contributed by atoms with E-state index in [0.29, 0.717) is 17.6 Å². The van der Waals surface area contributed by atoms with E-state index >= 15 is 0 Å². The number of nitrogens with one attached hydrogen (secondary N) is 1. The van der Waals surface area contributed by atoms with Crippen LogP contribution >= 0.6 is 0 Å². The molecule has 0 fully saturated rings. The van der Waals surface area contributed by atoms with Crippen LogP contribution in [0.3, 0.4) is 0 Å². The lowest BCUT2D eigenvalue weighted by atomic mass is 9.73. The maximum atomic E-state index is 14.4. The van der Waals surface area contributed by atoms with Gasteiger partial charge in [-0.3, -0.25) is 19.4 Å². The molecule has 6 nitrogen and oxygen atoms in total. The molecule has 1 atom stereocenters. The molecular formula is C39H36F2N2O4. The minimum absolute atomic E-state index is 0.00598. The Bertz CT molecular complexity index is 2080. The molecule has 0 bridgehead atoms. The number of halogens is 2. The number of hydrogen-bond acceptors (Lipinski definition) is 5. The van der Waals surface area contributed by atoms with Gasteiger partial charge < -0.3 is 9.72 Å². The van der Waals surface area contributed by atoms with Gasteiger partial charge in [0.2, 0.25) is 0 Å². The number of ketones is 2. The molecule has 0 saturated carbocycles. The molecule has 47 heavy (non-hydrogen) atoms. The van der Waals surface area contributed by atoms with Gasteiger partial charge in [0.05, 0.1) is 17.6 Å². The van der Waals surface area contributed by atoms with Crippen LogP contribution in [0.1, 0.15) is 62.0 Å². The Kier molecular flexibility index (Phi) is 9.33. The number of hydrogen-bond donors (Lipinski definition) is 1. The van der Waals surface area contributed by atoms with E-state index in [0.717, 1.165) is 38.7 Å². The minimum Gasteiger partial charge on any atom is -0.462 e. The normalized spacial score (nSPS) is 15.7. The second-order valence-electron chi connectivity index (χ2n) is 13.1. The Labute approximate surface area is 271 Å². The Morgan fingerprint density at radius 3 is 2.43 bits per heavy atom. The highest BCUT2D eigenvalue weighted by molar-refractivity contribution is 6.15. The number of H-pyrrole nitrogens is 1. The molecule has 0 amide bonds. The van der Waals surface area contributed by atoms with Gasteiger partial charge in [0.1, 0.15) is 17.2 Å². The molecule has 240 valence electrons. The SMILES string of the molecule is CC(C)(C)OC=O.CC1(C)C=c2c3c(ccc2=CC1=O)-c1ccccc1C(Cc1ccc(F)cc1F)C3=O.c1cc2cc[nH]c2cn1. The predicted octanol–water partition coefficient (Wildman–Crippen LogP) is 6.85. The van der Waals surface area contributed by atoms with E-state index < -0.39 is 23.0 Å². The van der Waals surface area contributed by atoms with Crippen molar-refractivity contribution in [3.05, 3.63) is 124 Å². The first-order valence-corrected chi connectivity index (χ1v) is 15.3. The molecule has 5 aromatic rings. The van der Waals surface area contributed by atoms with E-state index in [-0.39, 0.29) is 23.6 Å². The Hall–Kier alpha value is -5.24. The summed E-state index contributed by atoms with van der Waals surface area (Å²) < 4.78 is 32.4. The first-order valence-electron chi connectivity index (χ1n) is 15.3. The topological polar surface area (TPSA) is 89.1 Å². The van der Waals surface area contributed by atoms with Crippen molar-refractivity contribution in [3.63, 3.8) is 0 Å². The molecule has 0 spiro atoms. The number of Topliss-reactive ketones (excluding diaryl/α,β-unsaturated/α-hetero) is 2. The van der Waals surface area contributed by atoms with Crippen molar-refractivity contribution in [2.45, 2.75) is 52.6 Å². The summed E-state index contributed by atoms with van der Waals surface area (Å²) in [5.41, 5.74) is 3.52. The number of fused-ring (bicyclic) bond motifs is 6. The molecule has 2 aromatic heterocycles. The van der Waals surface area contributed by atoms with Crippen LogP contribution < -0.4 is 10.4 Å². The highest BCUT2D eigenvalue weighted by atomic mass is 19.1. The zero-order valence-electron chi connectivity index (χ0n) is 26.9. The van der Waals surface area contributed by atoms with Gasteiger partial charge in [0, 0.05) is 34.8 Å². The van der Waals surface area contributed by atoms with E-state index in [4.69, 9.17) is 0 Å². The van der Waals surface area contributed by atoms with Crippen LogP contribution in [0, 0.1) is 17.0 Å². The van der Waals surface area contributed by atoms with Crippen LogP contribution in [0.4, 0.5) is 8.78 Å². The van der Waals surface area contributed by atoms with Gasteiger partial charge in [-0.05, 0) is 98.0 Å². The third-order valence-corrected chi connectivity index (χ3v) is 8.09. The van der Waals surface area contributed by atoms with Gasteiger partial charge in [-0.25, -0.2) is 8.78 Å². The number of aromatic amines is 1. The standard InChI is InChI=1S/C27H20F2O2.C7H6N2.C5H10O2/c1-27(2)14-22-15(12-24(27)30)8-10-20-18-5-3-4-6-19(18)21(26(31)25(20)22)11-16-7-9-17(28)13-23(16)29;1-3-8-5-7-6(1)2-4-9-7;1-5(2,3)7-4-6/h3-10,12-14,21H,11H2,1-2H3;1-5,9H;4H,1-3H3. The van der Waals surface area contributed by atoms with Crippen LogP contribution in [0.5, 0.6) is 0 Å². The first-order chi connectivity index (χ1) is 22.3. The number of rotatable bonds is 3. The number of carbonyl (C=O) groups excluding carboxylic acids is 3. The van der Waals surface area contributed by atoms with Crippen LogP contribution in [-0.2, 0) is 20.7 Å². The van der Waals surface area contributed by atoms with Crippen LogP contribution in [0.25, 0.3) is 34.2 Å². The molecule has 8 heteroatoms. The second-order valence-corrected chi connectivity index (χ2v) is 13.1. The van der Waals surface area contributed by atoms with E-state index in [2.05, 4.69) is 14.7 Å². The van der Waals surface area contributed by atoms with Crippen molar-refractivity contribution >= 4 is 41.1 Å². The molecule has 2 aliphatic rings. The van der Waals surface area contributed by atoms with Gasteiger partial charge in [-0.15, -0.1) is 0 Å². The summed E-state index contributed by atoms with van der Waals surface area (Å²) in [6, 6.07) is 18.9. The maximum Gasteiger partial charge on any atom is 0.293 e. The molecular weight excluding hydrogens is 598 g/mol. The molecule has 0 aliphatic heterocycles. The van der Waals surface area contributed by atoms with Gasteiger partial charge in [-0.1, -0.05) is 48.5 Å². The molecule has 0 saturated heterocycles. The van der Waals surface area contributed by atoms with Crippen LogP contribution in [0.2, 0.25) is 0 Å². The highest BCUT2D eigenvalue weighted by Gasteiger charge is 2.35. The zero-order chi connectivity index (χ0) is 33.9. The number of nitrogens with zero attached hydrogens (tertiary/aromatic N) is 1. The van der Waals surface area contributed by atoms with Gasteiger partial charge in [-0.2, -0.15) is 0 Å². The molecule has 1 unspecified atom stereocenters. The van der Waals surface area contributed by atoms with Gasteiger partial charge in [0.25, 0.3) is 6.47 Å². The fourth-order valence-corrected chi connectivity index (χ4v) is 5.67. The number of ether oxygens (including phenoxy) is 1. The maximum absolute atomic E-state index is 14.4. The third-order valence-electron chi connectivity index (χ3n) is 8.09. The van der Waals surface area contributed by atoms with Crippen molar-refractivity contribution in [1.82, 2.24) is 9.97 Å². The molecule has 3 aromatic carbocycles. The summed E-state index contributed by atoms with van der Waals surface area (Å²) in [6.45, 7) is 9.59. The summed E-state index contributed by atoms with van der Waals surface area (Å²) in [7, 11) is 0. The van der Waals surface area contributed by atoms with Crippen molar-refractivity contribution in [2.75, 3.05) is 0 Å². The summed E-state index contributed by atoms with van der Waals surface area (Å²) in [6.07, 6.45) is 9.11. The summed E-state index contributed by atoms with van der Waals surface area (Å²) in [5.74, 6) is -2.01. The smallest absolute Gasteiger partial charge is 0.293 e. The lowest BCUT2D eigenvalue weighted by Gasteiger charge is -2.29. The summed E-state index contributed by atoms with van der Waals surface area (Å²) in [5, 5.41) is 2.69. The van der Waals surface area contributed by atoms with Crippen molar-refractivity contribution in [3.8, 4) is 11.1 Å². The summed E-state index contributed by atoms with van der Waals surface area (Å²) >= 11 is 0. The number of aromatic nitrogens is 2. The largest absolute Gasteiger partial charge is 0.462 e. The first kappa shape index (κ1) is 33.1. The average molecular weight is 635 g/mol. The number of carbonyl (C=O) groups is 3. The lowest BCUT2D eigenvalue weighted by molar-refractivity contribution is -0.138. The van der Waals surface area contributed by atoms with Crippen LogP contribution in [-0.4, -0.2) is 33.6 Å². The van der Waals surface area contributed by atoms with E-state index in [1.807, 2.05) is 102 Å². The molecule has 7 rings (SSSR count). The third kappa shape index (κ3) is 7.27. The molecule has 2 heterocycles. The molecule has 0 radical (unpaired) electrons. The van der Waals surface area contributed by atoms with E-state index in [1.165, 1.54) is 17.5 Å². The zero-order valence-corrected chi connectivity index (χ0v) is 26.9. The monoisotopic (exact) mass is 634 g/mol. The molecule has 2 aliphatic carbocycles. The van der Waals surface area contributed by atoms with Crippen molar-refractivity contribution in [2.24, 2.45) is 5.41 Å². The Morgan fingerprint density at radius 2 is 1.74 bits per heavy atom. The van der Waals surface area contributed by atoms with Gasteiger partial charge in [0.15, 0.2) is 11.6 Å². The lowest BCUT2D eigenvalue weighted by Crippen LogP contribution is -2.42. The highest BCUT2D eigenvalue weighted by Crippen LogP contribution is 2.40. The number of pyridine rings is 1. The van der Waals surface area contributed by atoms with Crippen LogP contribution in [0.15, 0.2) is 85.3 Å². The minimum atomic E-state index is -0.710. The second kappa shape index (κ2) is 13.2. The summed E-state index contributed by atoms with van der Waals surface area (Å²) in [4.78, 5) is 42.9. The number of benzene rings is 3. The Morgan fingerprint density at radius 1 is 0.979 bits per heavy atom. The molecule has 1 N–H and O–H groups in total. The Balaban J connectivity index is 0.000000221. The van der Waals surface area contributed by atoms with E-state index in [1.54, 1.807) is 12.3 Å². The quantitative estimate of drug-likeness (QED) is 0.220. The van der Waals surface area contributed by atoms with Crippen molar-refractivity contribution in [1.29, 1.82) is 0 Å². The van der Waals surface area contributed by atoms with E-state index in [9.17, 15) is 23.2 Å². The van der Waals surface area contributed by atoms with Gasteiger partial charge >= 0.3 is 0 Å².